The third-order valence-electron chi connectivity index (χ3n) is 5.31. The van der Waals surface area contributed by atoms with Crippen LogP contribution in [0.4, 0.5) is 11.4 Å². The molecule has 9 nitrogen and oxygen atoms in total. The van der Waals surface area contributed by atoms with Crippen LogP contribution < -0.4 is 10.2 Å². The summed E-state index contributed by atoms with van der Waals surface area (Å²) in [4.78, 5) is 30.1. The van der Waals surface area contributed by atoms with Gasteiger partial charge >= 0.3 is 0 Å². The second-order valence-electron chi connectivity index (χ2n) is 7.45. The number of hydrogen-bond donors (Lipinski definition) is 1. The summed E-state index contributed by atoms with van der Waals surface area (Å²) in [7, 11) is -3.59. The monoisotopic (exact) mass is 476 g/mol. The van der Waals surface area contributed by atoms with Crippen molar-refractivity contribution in [1.82, 2.24) is 9.29 Å². The molecule has 0 atom stereocenters. The number of hydrogen-bond acceptors (Lipinski definition) is 7. The van der Waals surface area contributed by atoms with E-state index < -0.39 is 10.0 Å². The van der Waals surface area contributed by atoms with Gasteiger partial charge in [-0.1, -0.05) is 11.8 Å². The molecule has 1 aromatic carbocycles. The van der Waals surface area contributed by atoms with Crippen LogP contribution in [0.3, 0.4) is 0 Å². The molecule has 0 aliphatic carbocycles. The summed E-state index contributed by atoms with van der Waals surface area (Å²) in [5.74, 6) is -0.0458. The third kappa shape index (κ3) is 4.96. The topological polar surface area (TPSA) is 109 Å². The molecule has 4 rings (SSSR count). The lowest BCUT2D eigenvalue weighted by molar-refractivity contribution is -0.116. The number of anilines is 2. The van der Waals surface area contributed by atoms with Crippen molar-refractivity contribution in [3.8, 4) is 0 Å². The van der Waals surface area contributed by atoms with E-state index in [2.05, 4.69) is 10.3 Å². The van der Waals surface area contributed by atoms with Crippen LogP contribution >= 0.6 is 11.8 Å². The lowest BCUT2D eigenvalue weighted by atomic mass is 10.1. The number of thioether (sulfide) groups is 1. The third-order valence-corrected chi connectivity index (χ3v) is 8.13. The van der Waals surface area contributed by atoms with Gasteiger partial charge in [-0.2, -0.15) is 4.31 Å². The first-order valence-corrected chi connectivity index (χ1v) is 12.6. The number of rotatable bonds is 6. The minimum atomic E-state index is -3.59. The number of pyridine rings is 1. The van der Waals surface area contributed by atoms with Gasteiger partial charge < -0.3 is 15.0 Å². The molecular formula is C21H24N4O5S2. The molecule has 32 heavy (non-hydrogen) atoms. The second kappa shape index (κ2) is 9.57. The Bertz CT molecular complexity index is 1120. The van der Waals surface area contributed by atoms with Crippen LogP contribution in [0.5, 0.6) is 0 Å². The van der Waals surface area contributed by atoms with Crippen LogP contribution in [0.25, 0.3) is 0 Å². The molecule has 2 aliphatic rings. The lowest BCUT2D eigenvalue weighted by Crippen LogP contribution is -2.40. The van der Waals surface area contributed by atoms with Crippen molar-refractivity contribution in [3.63, 3.8) is 0 Å². The number of carbonyl (C=O) groups excluding carboxylic acids is 2. The molecule has 0 saturated carbocycles. The number of nitrogens with zero attached hydrogens (tertiary/aromatic N) is 3. The molecule has 11 heteroatoms. The van der Waals surface area contributed by atoms with E-state index in [1.54, 1.807) is 24.0 Å². The van der Waals surface area contributed by atoms with Gasteiger partial charge in [-0.3, -0.25) is 9.59 Å². The maximum absolute atomic E-state index is 12.6. The number of aromatic nitrogens is 1. The lowest BCUT2D eigenvalue weighted by Gasteiger charge is -2.25. The predicted octanol–water partition coefficient (Wildman–Crippen LogP) is 1.74. The van der Waals surface area contributed by atoms with Crippen molar-refractivity contribution >= 4 is 45.0 Å². The first-order chi connectivity index (χ1) is 15.3. The zero-order valence-corrected chi connectivity index (χ0v) is 19.2. The SMILES string of the molecule is CC(=O)N1CCc2cc(NC(=O)CSc3ccc(S(=O)(=O)N4CCOCC4)cn3)ccc21. The molecule has 0 spiro atoms. The van der Waals surface area contributed by atoms with Crippen LogP contribution in [-0.2, 0) is 30.8 Å². The maximum atomic E-state index is 12.6. The van der Waals surface area contributed by atoms with Crippen molar-refractivity contribution in [2.24, 2.45) is 0 Å². The molecule has 2 aliphatic heterocycles. The van der Waals surface area contributed by atoms with E-state index in [9.17, 15) is 18.0 Å². The fraction of sp³-hybridized carbons (Fsp3) is 0.381. The number of amides is 2. The maximum Gasteiger partial charge on any atom is 0.244 e. The number of ether oxygens (including phenoxy) is 1. The second-order valence-corrected chi connectivity index (χ2v) is 10.4. The van der Waals surface area contributed by atoms with E-state index in [1.165, 1.54) is 28.3 Å². The van der Waals surface area contributed by atoms with Gasteiger partial charge in [0.15, 0.2) is 0 Å². The van der Waals surface area contributed by atoms with Crippen LogP contribution in [0.15, 0.2) is 46.5 Å². The summed E-state index contributed by atoms with van der Waals surface area (Å²) in [6.07, 6.45) is 2.09. The van der Waals surface area contributed by atoms with E-state index in [1.807, 2.05) is 12.1 Å². The zero-order valence-electron chi connectivity index (χ0n) is 17.6. The van der Waals surface area contributed by atoms with Gasteiger partial charge in [-0.25, -0.2) is 13.4 Å². The molecule has 1 saturated heterocycles. The smallest absolute Gasteiger partial charge is 0.244 e. The van der Waals surface area contributed by atoms with Gasteiger partial charge in [0.05, 0.1) is 24.0 Å². The van der Waals surface area contributed by atoms with Crippen LogP contribution in [0, 0.1) is 0 Å². The number of sulfonamides is 1. The molecule has 3 heterocycles. The van der Waals surface area contributed by atoms with Gasteiger partial charge in [0.1, 0.15) is 4.90 Å². The number of carbonyl (C=O) groups is 2. The van der Waals surface area contributed by atoms with E-state index in [0.29, 0.717) is 43.6 Å². The molecule has 1 aromatic heterocycles. The normalized spacial score (nSPS) is 16.6. The molecular weight excluding hydrogens is 452 g/mol. The Balaban J connectivity index is 1.32. The van der Waals surface area contributed by atoms with E-state index in [4.69, 9.17) is 4.74 Å². The molecule has 2 aromatic rings. The van der Waals surface area contributed by atoms with Gasteiger partial charge in [0.2, 0.25) is 21.8 Å². The number of morpholine rings is 1. The highest BCUT2D eigenvalue weighted by Crippen LogP contribution is 2.30. The Kier molecular flexibility index (Phi) is 6.79. The van der Waals surface area contributed by atoms with Crippen LogP contribution in [0.2, 0.25) is 0 Å². The van der Waals surface area contributed by atoms with Crippen LogP contribution in [-0.4, -0.2) is 68.1 Å². The summed E-state index contributed by atoms with van der Waals surface area (Å²) in [5.41, 5.74) is 2.60. The fourth-order valence-electron chi connectivity index (χ4n) is 3.68. The van der Waals surface area contributed by atoms with Crippen molar-refractivity contribution in [3.05, 3.63) is 42.1 Å². The minimum absolute atomic E-state index is 0.00759. The van der Waals surface area contributed by atoms with Crippen LogP contribution in [0.1, 0.15) is 12.5 Å². The number of fused-ring (bicyclic) bond motifs is 1. The Morgan fingerprint density at radius 2 is 1.94 bits per heavy atom. The van der Waals surface area contributed by atoms with E-state index in [0.717, 1.165) is 17.7 Å². The highest BCUT2D eigenvalue weighted by Gasteiger charge is 2.26. The largest absolute Gasteiger partial charge is 0.379 e. The molecule has 0 bridgehead atoms. The summed E-state index contributed by atoms with van der Waals surface area (Å²) in [6, 6.07) is 8.65. The first kappa shape index (κ1) is 22.7. The molecule has 0 unspecified atom stereocenters. The Morgan fingerprint density at radius 1 is 1.16 bits per heavy atom. The average Bonchev–Trinajstić information content (AvgIpc) is 3.22. The fourth-order valence-corrected chi connectivity index (χ4v) is 5.68. The van der Waals surface area contributed by atoms with Gasteiger partial charge in [0, 0.05) is 44.1 Å². The quantitative estimate of drug-likeness (QED) is 0.633. The minimum Gasteiger partial charge on any atom is -0.379 e. The highest BCUT2D eigenvalue weighted by molar-refractivity contribution is 7.99. The van der Waals surface area contributed by atoms with E-state index in [-0.39, 0.29) is 22.5 Å². The molecule has 2 amide bonds. The highest BCUT2D eigenvalue weighted by atomic mass is 32.2. The Labute approximate surface area is 191 Å². The average molecular weight is 477 g/mol. The van der Waals surface area contributed by atoms with Gasteiger partial charge in [-0.15, -0.1) is 0 Å². The summed E-state index contributed by atoms with van der Waals surface area (Å²) in [6.45, 7) is 3.62. The Morgan fingerprint density at radius 3 is 2.62 bits per heavy atom. The Hall–Kier alpha value is -2.47. The van der Waals surface area contributed by atoms with Crippen molar-refractivity contribution < 1.29 is 22.7 Å². The predicted molar refractivity (Wildman–Crippen MR) is 121 cm³/mol. The molecule has 1 fully saturated rings. The van der Waals surface area contributed by atoms with E-state index >= 15 is 0 Å². The van der Waals surface area contributed by atoms with Crippen molar-refractivity contribution in [2.45, 2.75) is 23.3 Å². The van der Waals surface area contributed by atoms with Gasteiger partial charge in [0.25, 0.3) is 0 Å². The molecule has 1 N–H and O–H groups in total. The van der Waals surface area contributed by atoms with Crippen molar-refractivity contribution in [2.75, 3.05) is 48.8 Å². The molecule has 0 radical (unpaired) electrons. The number of benzene rings is 1. The standard InChI is InChI=1S/C21H24N4O5S2/c1-15(26)25-7-6-16-12-17(2-4-19(16)25)23-20(27)14-31-21-5-3-18(13-22-21)32(28,29)24-8-10-30-11-9-24/h2-5,12-13H,6-11,14H2,1H3,(H,23,27). The summed E-state index contributed by atoms with van der Waals surface area (Å²) in [5, 5.41) is 3.42. The number of nitrogens with one attached hydrogen (secondary N) is 1. The van der Waals surface area contributed by atoms with Gasteiger partial charge in [-0.05, 0) is 42.3 Å². The summed E-state index contributed by atoms with van der Waals surface area (Å²) >= 11 is 1.23. The zero-order chi connectivity index (χ0) is 22.7. The van der Waals surface area contributed by atoms with Crippen molar-refractivity contribution in [1.29, 1.82) is 0 Å². The molecule has 170 valence electrons. The first-order valence-electron chi connectivity index (χ1n) is 10.2. The summed E-state index contributed by atoms with van der Waals surface area (Å²) < 4.78 is 31.9.